The SMILES string of the molecule is O=C=NSC(=O)C(=O)SN=C=O.O=P([O-])(F)F.[Na+]. The molecule has 0 spiro atoms. The first-order valence-electron chi connectivity index (χ1n) is 2.99. The van der Waals surface area contributed by atoms with Crippen molar-refractivity contribution in [1.29, 1.82) is 0 Å². The van der Waals surface area contributed by atoms with Crippen molar-refractivity contribution in [3.8, 4) is 0 Å². The molecule has 0 saturated carbocycles. The van der Waals surface area contributed by atoms with Gasteiger partial charge in [-0.15, -0.1) is 8.80 Å². The van der Waals surface area contributed by atoms with Crippen LogP contribution in [-0.2, 0) is 23.7 Å². The fourth-order valence-electron chi connectivity index (χ4n) is 0.195. The number of isocyanates is 2. The second-order valence-corrected chi connectivity index (χ2v) is 3.84. The van der Waals surface area contributed by atoms with Crippen molar-refractivity contribution in [3.63, 3.8) is 0 Å². The van der Waals surface area contributed by atoms with Gasteiger partial charge in [0.2, 0.25) is 12.2 Å². The topological polar surface area (TPSA) is 133 Å². The van der Waals surface area contributed by atoms with E-state index in [2.05, 4.69) is 8.80 Å². The summed E-state index contributed by atoms with van der Waals surface area (Å²) in [6.07, 6.45) is 2.11. The first kappa shape index (κ1) is 23.0. The molecule has 0 aliphatic carbocycles. The molecule has 0 aliphatic rings. The maximum atomic E-state index is 10.5. The largest absolute Gasteiger partial charge is 1.00 e. The number of hydrogen-bond acceptors (Lipinski definition) is 10. The molecule has 0 rings (SSSR count). The molecular weight excluding hydrogens is 328 g/mol. The maximum Gasteiger partial charge on any atom is 1.00 e. The van der Waals surface area contributed by atoms with Gasteiger partial charge in [-0.2, -0.15) is 8.39 Å². The van der Waals surface area contributed by atoms with E-state index < -0.39 is 18.2 Å². The van der Waals surface area contributed by atoms with Gasteiger partial charge >= 0.3 is 37.5 Å². The van der Waals surface area contributed by atoms with Crippen molar-refractivity contribution in [1.82, 2.24) is 0 Å². The second-order valence-electron chi connectivity index (χ2n) is 1.54. The summed E-state index contributed by atoms with van der Waals surface area (Å²) < 4.78 is 33.9. The Bertz CT molecular complexity index is 393. The van der Waals surface area contributed by atoms with Crippen molar-refractivity contribution in [2.45, 2.75) is 0 Å². The van der Waals surface area contributed by atoms with Gasteiger partial charge in [0.15, 0.2) is 0 Å². The minimum absolute atomic E-state index is 0. The molecule has 0 aliphatic heterocycles. The molecule has 14 heteroatoms. The Labute approximate surface area is 129 Å². The Balaban J connectivity index is -0.000000321. The third-order valence-corrected chi connectivity index (χ3v) is 1.66. The average molecular weight is 328 g/mol. The Morgan fingerprint density at radius 2 is 1.28 bits per heavy atom. The fraction of sp³-hybridized carbons (Fsp3) is 0. The van der Waals surface area contributed by atoms with E-state index in [0.29, 0.717) is 0 Å². The first-order chi connectivity index (χ1) is 7.72. The number of halogens is 2. The third kappa shape index (κ3) is 24.9. The smallest absolute Gasteiger partial charge is 0.749 e. The van der Waals surface area contributed by atoms with Gasteiger partial charge in [-0.3, -0.25) is 14.2 Å². The molecule has 0 bridgehead atoms. The molecule has 8 nitrogen and oxygen atoms in total. The molecule has 0 unspecified atom stereocenters. The predicted molar refractivity (Wildman–Crippen MR) is 51.3 cm³/mol. The molecule has 0 saturated heterocycles. The van der Waals surface area contributed by atoms with Gasteiger partial charge in [-0.05, 0) is 0 Å². The van der Waals surface area contributed by atoms with Crippen LogP contribution in [0.1, 0.15) is 0 Å². The van der Waals surface area contributed by atoms with E-state index in [-0.39, 0.29) is 53.5 Å². The van der Waals surface area contributed by atoms with Gasteiger partial charge in [0, 0.05) is 0 Å². The summed E-state index contributed by atoms with van der Waals surface area (Å²) in [6.45, 7) is 0. The monoisotopic (exact) mass is 328 g/mol. The van der Waals surface area contributed by atoms with E-state index in [1.807, 2.05) is 0 Å². The molecule has 0 atom stereocenters. The Hall–Kier alpha value is -0.150. The van der Waals surface area contributed by atoms with E-state index in [4.69, 9.17) is 9.46 Å². The Morgan fingerprint density at radius 1 is 1.06 bits per heavy atom. The number of rotatable bonds is 2. The Kier molecular flexibility index (Phi) is 17.0. The van der Waals surface area contributed by atoms with E-state index in [1.165, 1.54) is 0 Å². The summed E-state index contributed by atoms with van der Waals surface area (Å²) in [5.74, 6) is 0. The molecule has 94 valence electrons. The van der Waals surface area contributed by atoms with E-state index >= 15 is 0 Å². The minimum Gasteiger partial charge on any atom is -0.749 e. The first-order valence-corrected chi connectivity index (χ1v) is 5.94. The van der Waals surface area contributed by atoms with Crippen LogP contribution in [0.5, 0.6) is 0 Å². The third-order valence-electron chi connectivity index (χ3n) is 0.498. The van der Waals surface area contributed by atoms with Crippen LogP contribution in [0.25, 0.3) is 0 Å². The van der Waals surface area contributed by atoms with E-state index in [0.717, 1.165) is 12.2 Å². The van der Waals surface area contributed by atoms with Crippen LogP contribution in [0.3, 0.4) is 0 Å². The van der Waals surface area contributed by atoms with Gasteiger partial charge in [-0.25, -0.2) is 9.59 Å². The summed E-state index contributed by atoms with van der Waals surface area (Å²) in [6, 6.07) is 0. The van der Waals surface area contributed by atoms with Crippen LogP contribution in [0.4, 0.5) is 8.39 Å². The van der Waals surface area contributed by atoms with E-state index in [1.54, 1.807) is 0 Å². The van der Waals surface area contributed by atoms with Crippen molar-refractivity contribution in [3.05, 3.63) is 0 Å². The Morgan fingerprint density at radius 3 is 1.44 bits per heavy atom. The molecule has 0 N–H and O–H groups in total. The molecule has 0 radical (unpaired) electrons. The molecule has 0 amide bonds. The van der Waals surface area contributed by atoms with Gasteiger partial charge in [-0.1, -0.05) is 0 Å². The normalized spacial score (nSPS) is 8.39. The van der Waals surface area contributed by atoms with Crippen LogP contribution in [0, 0.1) is 0 Å². The number of hydrogen-bond donors (Lipinski definition) is 0. The molecule has 0 heterocycles. The zero-order valence-corrected chi connectivity index (χ0v) is 12.9. The summed E-state index contributed by atoms with van der Waals surface area (Å²) in [4.78, 5) is 48.4. The number of nitrogens with zero attached hydrogens (tertiary/aromatic N) is 2. The van der Waals surface area contributed by atoms with Crippen molar-refractivity contribution in [2.24, 2.45) is 8.80 Å². The molecule has 18 heavy (non-hydrogen) atoms. The summed E-state index contributed by atoms with van der Waals surface area (Å²) >= 11 is 0.274. The summed E-state index contributed by atoms with van der Waals surface area (Å²) in [5.41, 5.74) is 0. The van der Waals surface area contributed by atoms with Crippen LogP contribution in [0.2, 0.25) is 0 Å². The van der Waals surface area contributed by atoms with Gasteiger partial charge < -0.3 is 4.89 Å². The zero-order chi connectivity index (χ0) is 13.9. The maximum absolute atomic E-state index is 10.5. The standard InChI is InChI=1S/C4N2O4S2.F2HO2P.Na/c7-1-5-11-3(9)4(10)12-6-2-8;1-5(2,3)4;/h;(H,3,4);/q;;+1/p-1. The number of carbonyl (C=O) groups excluding carboxylic acids is 4. The molecule has 0 aromatic heterocycles. The van der Waals surface area contributed by atoms with Crippen LogP contribution >= 0.6 is 31.9 Å². The predicted octanol–water partition coefficient (Wildman–Crippen LogP) is -2.59. The van der Waals surface area contributed by atoms with Gasteiger partial charge in [0.25, 0.3) is 10.2 Å². The van der Waals surface area contributed by atoms with Gasteiger partial charge in [0.1, 0.15) is 0 Å². The van der Waals surface area contributed by atoms with Crippen LogP contribution < -0.4 is 34.5 Å². The van der Waals surface area contributed by atoms with Crippen molar-refractivity contribution >= 4 is 54.3 Å². The van der Waals surface area contributed by atoms with Crippen LogP contribution in [-0.4, -0.2) is 22.4 Å². The molecule has 0 fully saturated rings. The zero-order valence-electron chi connectivity index (χ0n) is 8.36. The van der Waals surface area contributed by atoms with Crippen molar-refractivity contribution < 1.29 is 66.6 Å². The quantitative estimate of drug-likeness (QED) is 0.135. The van der Waals surface area contributed by atoms with Crippen LogP contribution in [0.15, 0.2) is 8.80 Å². The van der Waals surface area contributed by atoms with Crippen molar-refractivity contribution in [2.75, 3.05) is 0 Å². The summed E-state index contributed by atoms with van der Waals surface area (Å²) in [5, 5.41) is -2.00. The minimum atomic E-state index is -5.89. The van der Waals surface area contributed by atoms with E-state index in [9.17, 15) is 27.6 Å². The van der Waals surface area contributed by atoms with Gasteiger partial charge in [0.05, 0.1) is 23.9 Å². The molecular formula is C4F2N2NaO6PS2. The average Bonchev–Trinajstić information content (AvgIpc) is 2.20. The molecule has 0 aromatic carbocycles. The fourth-order valence-corrected chi connectivity index (χ4v) is 0.808. The molecule has 0 aromatic rings. The second kappa shape index (κ2) is 13.3. The number of carbonyl (C=O) groups is 2. The summed E-state index contributed by atoms with van der Waals surface area (Å²) in [7, 11) is -5.89.